The van der Waals surface area contributed by atoms with Gasteiger partial charge in [-0.3, -0.25) is 4.79 Å². The first-order chi connectivity index (χ1) is 9.04. The van der Waals surface area contributed by atoms with E-state index in [1.165, 1.54) is 6.07 Å². The molecule has 0 heterocycles. The predicted molar refractivity (Wildman–Crippen MR) is 75.3 cm³/mol. The molecule has 0 atom stereocenters. The van der Waals surface area contributed by atoms with Crippen LogP contribution in [0.2, 0.25) is 0 Å². The molecule has 19 heavy (non-hydrogen) atoms. The minimum Gasteiger partial charge on any atom is -0.508 e. The number of phenols is 1. The molecule has 0 spiro atoms. The summed E-state index contributed by atoms with van der Waals surface area (Å²) >= 11 is 0. The van der Waals surface area contributed by atoms with Crippen molar-refractivity contribution < 1.29 is 15.0 Å². The van der Waals surface area contributed by atoms with E-state index in [0.29, 0.717) is 17.7 Å². The molecule has 4 nitrogen and oxygen atoms in total. The largest absolute Gasteiger partial charge is 0.508 e. The molecular formula is C15H23NO3. The van der Waals surface area contributed by atoms with Gasteiger partial charge in [-0.2, -0.15) is 0 Å². The fourth-order valence-corrected chi connectivity index (χ4v) is 2.24. The van der Waals surface area contributed by atoms with Crippen molar-refractivity contribution in [1.82, 2.24) is 4.90 Å². The molecule has 0 aliphatic carbocycles. The van der Waals surface area contributed by atoms with Crippen molar-refractivity contribution in [3.63, 3.8) is 0 Å². The molecule has 0 saturated carbocycles. The van der Waals surface area contributed by atoms with Gasteiger partial charge in [-0.05, 0) is 43.5 Å². The van der Waals surface area contributed by atoms with Gasteiger partial charge in [0.15, 0.2) is 0 Å². The van der Waals surface area contributed by atoms with E-state index in [1.807, 2.05) is 13.8 Å². The standard InChI is InChI=1S/C15H23NO3/c1-4-13(5-2)16(8-9-17)15(19)12-6-7-14(18)11(3)10-12/h6-7,10,13,17-18H,4-5,8-9H2,1-3H3. The predicted octanol–water partition coefficient (Wildman–Crippen LogP) is 2.32. The lowest BCUT2D eigenvalue weighted by Crippen LogP contribution is -2.41. The van der Waals surface area contributed by atoms with Gasteiger partial charge in [0.05, 0.1) is 6.61 Å². The van der Waals surface area contributed by atoms with E-state index >= 15 is 0 Å². The third kappa shape index (κ3) is 3.70. The van der Waals surface area contributed by atoms with Crippen LogP contribution < -0.4 is 0 Å². The Kier molecular flexibility index (Phi) is 5.83. The van der Waals surface area contributed by atoms with Crippen LogP contribution in [0.5, 0.6) is 5.75 Å². The lowest BCUT2D eigenvalue weighted by molar-refractivity contribution is 0.0622. The van der Waals surface area contributed by atoms with Gasteiger partial charge in [-0.1, -0.05) is 13.8 Å². The van der Waals surface area contributed by atoms with Crippen molar-refractivity contribution in [2.75, 3.05) is 13.2 Å². The molecule has 0 saturated heterocycles. The molecule has 2 N–H and O–H groups in total. The highest BCUT2D eigenvalue weighted by atomic mass is 16.3. The van der Waals surface area contributed by atoms with Crippen LogP contribution in [-0.2, 0) is 0 Å². The number of carbonyl (C=O) groups excluding carboxylic acids is 1. The average molecular weight is 265 g/mol. The van der Waals surface area contributed by atoms with Gasteiger partial charge in [0.2, 0.25) is 0 Å². The van der Waals surface area contributed by atoms with Crippen LogP contribution >= 0.6 is 0 Å². The average Bonchev–Trinajstić information content (AvgIpc) is 2.41. The normalized spacial score (nSPS) is 10.8. The lowest BCUT2D eigenvalue weighted by atomic mass is 10.1. The molecule has 0 aromatic heterocycles. The number of amides is 1. The Hall–Kier alpha value is -1.55. The zero-order valence-electron chi connectivity index (χ0n) is 11.9. The lowest BCUT2D eigenvalue weighted by Gasteiger charge is -2.30. The first-order valence-electron chi connectivity index (χ1n) is 6.76. The maximum absolute atomic E-state index is 12.5. The summed E-state index contributed by atoms with van der Waals surface area (Å²) in [6, 6.07) is 4.97. The van der Waals surface area contributed by atoms with E-state index in [9.17, 15) is 9.90 Å². The number of hydrogen-bond donors (Lipinski definition) is 2. The molecule has 106 valence electrons. The van der Waals surface area contributed by atoms with Gasteiger partial charge in [-0.15, -0.1) is 0 Å². The molecule has 0 aliphatic rings. The van der Waals surface area contributed by atoms with Crippen molar-refractivity contribution >= 4 is 5.91 Å². The number of aliphatic hydroxyl groups excluding tert-OH is 1. The summed E-state index contributed by atoms with van der Waals surface area (Å²) in [5.41, 5.74) is 1.23. The summed E-state index contributed by atoms with van der Waals surface area (Å²) in [4.78, 5) is 14.2. The molecule has 1 aromatic rings. The quantitative estimate of drug-likeness (QED) is 0.830. The molecular weight excluding hydrogens is 242 g/mol. The van der Waals surface area contributed by atoms with Gasteiger partial charge in [0, 0.05) is 18.2 Å². The number of nitrogens with zero attached hydrogens (tertiary/aromatic N) is 1. The molecule has 0 fully saturated rings. The summed E-state index contributed by atoms with van der Waals surface area (Å²) in [6.07, 6.45) is 1.72. The fraction of sp³-hybridized carbons (Fsp3) is 0.533. The zero-order valence-corrected chi connectivity index (χ0v) is 11.9. The number of phenolic OH excluding ortho intramolecular Hbond substituents is 1. The van der Waals surface area contributed by atoms with Gasteiger partial charge >= 0.3 is 0 Å². The molecule has 1 amide bonds. The minimum atomic E-state index is -0.0918. The second-order valence-electron chi connectivity index (χ2n) is 4.69. The fourth-order valence-electron chi connectivity index (χ4n) is 2.24. The monoisotopic (exact) mass is 265 g/mol. The zero-order chi connectivity index (χ0) is 14.4. The van der Waals surface area contributed by atoms with Crippen LogP contribution in [-0.4, -0.2) is 40.2 Å². The van der Waals surface area contributed by atoms with Crippen LogP contribution in [0.1, 0.15) is 42.6 Å². The van der Waals surface area contributed by atoms with Crippen LogP contribution in [0.25, 0.3) is 0 Å². The Balaban J connectivity index is 3.01. The number of aromatic hydroxyl groups is 1. The Bertz CT molecular complexity index is 427. The van der Waals surface area contributed by atoms with E-state index in [1.54, 1.807) is 24.0 Å². The van der Waals surface area contributed by atoms with Crippen LogP contribution in [0, 0.1) is 6.92 Å². The number of aliphatic hydroxyl groups is 1. The van der Waals surface area contributed by atoms with Gasteiger partial charge in [0.25, 0.3) is 5.91 Å². The number of benzene rings is 1. The summed E-state index contributed by atoms with van der Waals surface area (Å²) < 4.78 is 0. The Morgan fingerprint density at radius 2 is 1.95 bits per heavy atom. The Morgan fingerprint density at radius 1 is 1.32 bits per heavy atom. The van der Waals surface area contributed by atoms with E-state index < -0.39 is 0 Å². The summed E-state index contributed by atoms with van der Waals surface area (Å²) in [5, 5.41) is 18.6. The first-order valence-corrected chi connectivity index (χ1v) is 6.76. The van der Waals surface area contributed by atoms with Crippen molar-refractivity contribution in [3.05, 3.63) is 29.3 Å². The van der Waals surface area contributed by atoms with Crippen LogP contribution in [0.15, 0.2) is 18.2 Å². The van der Waals surface area contributed by atoms with Crippen LogP contribution in [0.4, 0.5) is 0 Å². The third-order valence-electron chi connectivity index (χ3n) is 3.43. The molecule has 1 aromatic carbocycles. The minimum absolute atomic E-state index is 0.0424. The number of aryl methyl sites for hydroxylation is 1. The Morgan fingerprint density at radius 3 is 2.42 bits per heavy atom. The maximum atomic E-state index is 12.5. The SMILES string of the molecule is CCC(CC)N(CCO)C(=O)c1ccc(O)c(C)c1. The topological polar surface area (TPSA) is 60.8 Å². The number of rotatable bonds is 6. The highest BCUT2D eigenvalue weighted by molar-refractivity contribution is 5.94. The highest BCUT2D eigenvalue weighted by Gasteiger charge is 2.22. The molecule has 0 unspecified atom stereocenters. The van der Waals surface area contributed by atoms with E-state index in [-0.39, 0.29) is 24.3 Å². The third-order valence-corrected chi connectivity index (χ3v) is 3.43. The molecule has 4 heteroatoms. The number of carbonyl (C=O) groups is 1. The summed E-state index contributed by atoms with van der Waals surface area (Å²) in [7, 11) is 0. The highest BCUT2D eigenvalue weighted by Crippen LogP contribution is 2.20. The molecule has 0 bridgehead atoms. The number of hydrogen-bond acceptors (Lipinski definition) is 3. The summed E-state index contributed by atoms with van der Waals surface area (Å²) in [6.45, 7) is 6.13. The van der Waals surface area contributed by atoms with Crippen molar-refractivity contribution in [1.29, 1.82) is 0 Å². The van der Waals surface area contributed by atoms with Gasteiger partial charge in [-0.25, -0.2) is 0 Å². The van der Waals surface area contributed by atoms with E-state index in [2.05, 4.69) is 0 Å². The van der Waals surface area contributed by atoms with Gasteiger partial charge in [0.1, 0.15) is 5.75 Å². The van der Waals surface area contributed by atoms with Crippen molar-refractivity contribution in [2.45, 2.75) is 39.7 Å². The molecule has 0 radical (unpaired) electrons. The Labute approximate surface area is 114 Å². The van der Waals surface area contributed by atoms with E-state index in [0.717, 1.165) is 12.8 Å². The maximum Gasteiger partial charge on any atom is 0.254 e. The van der Waals surface area contributed by atoms with Crippen LogP contribution in [0.3, 0.4) is 0 Å². The smallest absolute Gasteiger partial charge is 0.254 e. The second kappa shape index (κ2) is 7.14. The summed E-state index contributed by atoms with van der Waals surface area (Å²) in [5.74, 6) is 0.0960. The van der Waals surface area contributed by atoms with Gasteiger partial charge < -0.3 is 15.1 Å². The van der Waals surface area contributed by atoms with E-state index in [4.69, 9.17) is 5.11 Å². The van der Waals surface area contributed by atoms with Crippen molar-refractivity contribution in [2.24, 2.45) is 0 Å². The molecule has 1 rings (SSSR count). The van der Waals surface area contributed by atoms with Crippen molar-refractivity contribution in [3.8, 4) is 5.75 Å². The second-order valence-corrected chi connectivity index (χ2v) is 4.69. The first kappa shape index (κ1) is 15.5. The molecule has 0 aliphatic heterocycles.